The van der Waals surface area contributed by atoms with Crippen molar-refractivity contribution in [2.45, 2.75) is 43.6 Å². The summed E-state index contributed by atoms with van der Waals surface area (Å²) in [5.41, 5.74) is -0.660. The monoisotopic (exact) mass is 501 g/mol. The molecule has 0 aliphatic carbocycles. The van der Waals surface area contributed by atoms with Gasteiger partial charge in [-0.2, -0.15) is 0 Å². The van der Waals surface area contributed by atoms with Gasteiger partial charge in [-0.15, -0.1) is 13.2 Å². The third-order valence-electron chi connectivity index (χ3n) is 7.50. The number of amides is 3. The number of likely N-dealkylation sites (tertiary alicyclic amines) is 1. The number of benzene rings is 1. The Kier molecular flexibility index (Phi) is 7.09. The molecule has 0 aromatic heterocycles. The van der Waals surface area contributed by atoms with Crippen molar-refractivity contribution in [3.05, 3.63) is 54.6 Å². The number of aliphatic hydroxyl groups excluding tert-OH is 1. The number of halogens is 1. The number of likely N-dealkylation sites (N-methyl/N-ethyl adjacent to an activating group) is 1. The fourth-order valence-electron chi connectivity index (χ4n) is 6.01. The van der Waals surface area contributed by atoms with Crippen molar-refractivity contribution in [2.24, 2.45) is 11.8 Å². The number of fused-ring (bicyclic) bond motifs is 1. The molecule has 188 valence electrons. The van der Waals surface area contributed by atoms with Gasteiger partial charge in [0.05, 0.1) is 41.3 Å². The number of carbonyl (C=O) groups excluding carboxylic acids is 3. The summed E-state index contributed by atoms with van der Waals surface area (Å²) in [7, 11) is 1.67. The largest absolute Gasteiger partial charge is 0.394 e. The van der Waals surface area contributed by atoms with Gasteiger partial charge < -0.3 is 24.5 Å². The summed E-state index contributed by atoms with van der Waals surface area (Å²) in [5, 5.41) is 10.4. The lowest BCUT2D eigenvalue weighted by Crippen LogP contribution is -2.58. The van der Waals surface area contributed by atoms with Crippen molar-refractivity contribution in [1.29, 1.82) is 0 Å². The molecule has 3 heterocycles. The second-order valence-corrected chi connectivity index (χ2v) is 9.94. The van der Waals surface area contributed by atoms with Gasteiger partial charge in [0, 0.05) is 20.1 Å². The molecule has 3 aliphatic heterocycles. The molecule has 1 spiro atoms. The Morgan fingerprint density at radius 2 is 1.97 bits per heavy atom. The Bertz CT molecular complexity index is 1050. The molecule has 9 heteroatoms. The second-order valence-electron chi connectivity index (χ2n) is 9.53. The molecule has 2 bridgehead atoms. The zero-order chi connectivity index (χ0) is 25.5. The lowest BCUT2D eigenvalue weighted by molar-refractivity contribution is -0.146. The van der Waals surface area contributed by atoms with Gasteiger partial charge in [0.25, 0.3) is 5.91 Å². The summed E-state index contributed by atoms with van der Waals surface area (Å²) in [6, 6.07) is 5.33. The van der Waals surface area contributed by atoms with Crippen LogP contribution < -0.4 is 4.90 Å². The number of para-hydroxylation sites is 1. The normalized spacial score (nSPS) is 29.6. The van der Waals surface area contributed by atoms with Gasteiger partial charge >= 0.3 is 0 Å². The van der Waals surface area contributed by atoms with Gasteiger partial charge in [-0.25, -0.2) is 0 Å². The molecular weight excluding hydrogens is 470 g/mol. The number of anilines is 1. The van der Waals surface area contributed by atoms with Crippen molar-refractivity contribution in [3.63, 3.8) is 0 Å². The fourth-order valence-corrected chi connectivity index (χ4v) is 6.24. The summed E-state index contributed by atoms with van der Waals surface area (Å²) in [5.74, 6) is -2.41. The van der Waals surface area contributed by atoms with Crippen LogP contribution in [0, 0.1) is 11.8 Å². The third-order valence-corrected chi connectivity index (χ3v) is 7.82. The molecule has 1 N–H and O–H groups in total. The minimum Gasteiger partial charge on any atom is -0.394 e. The van der Waals surface area contributed by atoms with Crippen molar-refractivity contribution < 1.29 is 24.2 Å². The zero-order valence-electron chi connectivity index (χ0n) is 20.1. The van der Waals surface area contributed by atoms with Crippen LogP contribution in [-0.2, 0) is 19.1 Å². The molecule has 3 amide bonds. The Balaban J connectivity index is 1.80. The molecule has 0 saturated carbocycles. The summed E-state index contributed by atoms with van der Waals surface area (Å²) in [6.07, 6.45) is 3.82. The summed E-state index contributed by atoms with van der Waals surface area (Å²) in [4.78, 5) is 46.0. The first-order valence-corrected chi connectivity index (χ1v) is 12.2. The van der Waals surface area contributed by atoms with E-state index in [4.69, 9.17) is 16.3 Å². The highest BCUT2D eigenvalue weighted by molar-refractivity contribution is 6.34. The number of nitrogens with zero attached hydrogens (tertiary/aromatic N) is 3. The van der Waals surface area contributed by atoms with Gasteiger partial charge in [-0.1, -0.05) is 35.9 Å². The number of rotatable bonds is 9. The predicted octanol–water partition coefficient (Wildman–Crippen LogP) is 2.26. The minimum absolute atomic E-state index is 0.170. The zero-order valence-corrected chi connectivity index (χ0v) is 20.9. The molecule has 1 aromatic rings. The van der Waals surface area contributed by atoms with E-state index in [-0.39, 0.29) is 30.9 Å². The first kappa shape index (κ1) is 25.4. The molecule has 3 aliphatic rings. The van der Waals surface area contributed by atoms with Crippen molar-refractivity contribution in [2.75, 3.05) is 31.6 Å². The summed E-state index contributed by atoms with van der Waals surface area (Å²) >= 11 is 6.44. The molecule has 2 unspecified atom stereocenters. The summed E-state index contributed by atoms with van der Waals surface area (Å²) < 4.78 is 6.45. The molecule has 35 heavy (non-hydrogen) atoms. The molecule has 6 atom stereocenters. The van der Waals surface area contributed by atoms with E-state index in [1.54, 1.807) is 50.4 Å². The average Bonchev–Trinajstić information content (AvgIpc) is 3.49. The van der Waals surface area contributed by atoms with Crippen LogP contribution in [-0.4, -0.2) is 83.2 Å². The van der Waals surface area contributed by atoms with Crippen LogP contribution in [0.15, 0.2) is 49.6 Å². The van der Waals surface area contributed by atoms with E-state index in [9.17, 15) is 19.5 Å². The highest BCUT2D eigenvalue weighted by atomic mass is 35.5. The van der Waals surface area contributed by atoms with Crippen LogP contribution >= 0.6 is 11.6 Å². The standard InChI is InChI=1S/C26H32ClN3O5/c1-5-13-28(4)23(32)20-19-11-12-26(35-19)21(20)24(33)30(16(3)15-31)22(26)25(34)29(14-6-2)18-10-8-7-9-17(18)27/h5-10,16,19-22,31H,1-2,11-15H2,3-4H3/t16-,19+,20-,21+,22?,26?/m1/s1. The van der Waals surface area contributed by atoms with Gasteiger partial charge in [0.1, 0.15) is 11.6 Å². The Labute approximate surface area is 210 Å². The highest BCUT2D eigenvalue weighted by Crippen LogP contribution is 2.59. The maximum Gasteiger partial charge on any atom is 0.253 e. The van der Waals surface area contributed by atoms with E-state index in [0.717, 1.165) is 0 Å². The first-order valence-electron chi connectivity index (χ1n) is 11.9. The number of aliphatic hydroxyl groups is 1. The molecule has 8 nitrogen and oxygen atoms in total. The van der Waals surface area contributed by atoms with E-state index >= 15 is 0 Å². The van der Waals surface area contributed by atoms with E-state index in [2.05, 4.69) is 13.2 Å². The molecule has 1 aromatic carbocycles. The Hall–Kier alpha value is -2.68. The maximum atomic E-state index is 14.3. The number of hydrogen-bond donors (Lipinski definition) is 1. The maximum absolute atomic E-state index is 14.3. The number of carbonyl (C=O) groups is 3. The molecule has 0 radical (unpaired) electrons. The van der Waals surface area contributed by atoms with Crippen molar-refractivity contribution in [3.8, 4) is 0 Å². The van der Waals surface area contributed by atoms with E-state index in [0.29, 0.717) is 30.1 Å². The minimum atomic E-state index is -1.15. The average molecular weight is 502 g/mol. The number of hydrogen-bond acceptors (Lipinski definition) is 5. The summed E-state index contributed by atoms with van der Waals surface area (Å²) in [6.45, 7) is 9.36. The van der Waals surface area contributed by atoms with E-state index < -0.39 is 35.6 Å². The van der Waals surface area contributed by atoms with Gasteiger partial charge in [0.15, 0.2) is 0 Å². The molecular formula is C26H32ClN3O5. The fraction of sp³-hybridized carbons (Fsp3) is 0.500. The highest BCUT2D eigenvalue weighted by Gasteiger charge is 2.75. The van der Waals surface area contributed by atoms with Crippen LogP contribution in [0.5, 0.6) is 0 Å². The number of ether oxygens (including phenoxy) is 1. The first-order chi connectivity index (χ1) is 16.7. The smallest absolute Gasteiger partial charge is 0.253 e. The third kappa shape index (κ3) is 3.88. The molecule has 4 rings (SSSR count). The van der Waals surface area contributed by atoms with Gasteiger partial charge in [0.2, 0.25) is 11.8 Å². The van der Waals surface area contributed by atoms with Crippen LogP contribution in [0.2, 0.25) is 5.02 Å². The SMILES string of the molecule is C=CCN(C)C(=O)[C@@H]1[C@@H]2CCC3(O2)C(C(=O)N(CC=C)c2ccccc2Cl)N([C@H](C)CO)C(=O)[C@H]13. The second kappa shape index (κ2) is 9.76. The Morgan fingerprint density at radius 1 is 1.29 bits per heavy atom. The quantitative estimate of drug-likeness (QED) is 0.524. The van der Waals surface area contributed by atoms with E-state index in [1.807, 2.05) is 0 Å². The lowest BCUT2D eigenvalue weighted by atomic mass is 9.70. The Morgan fingerprint density at radius 3 is 2.60 bits per heavy atom. The lowest BCUT2D eigenvalue weighted by Gasteiger charge is -2.38. The van der Waals surface area contributed by atoms with Crippen molar-refractivity contribution >= 4 is 35.0 Å². The predicted molar refractivity (Wildman–Crippen MR) is 133 cm³/mol. The van der Waals surface area contributed by atoms with E-state index in [1.165, 1.54) is 14.7 Å². The molecule has 3 saturated heterocycles. The van der Waals surface area contributed by atoms with Gasteiger partial charge in [-0.3, -0.25) is 14.4 Å². The molecule has 3 fully saturated rings. The van der Waals surface area contributed by atoms with Crippen LogP contribution in [0.25, 0.3) is 0 Å². The topological polar surface area (TPSA) is 90.4 Å². The van der Waals surface area contributed by atoms with Crippen LogP contribution in [0.3, 0.4) is 0 Å². The van der Waals surface area contributed by atoms with Gasteiger partial charge in [-0.05, 0) is 31.9 Å². The van der Waals surface area contributed by atoms with Crippen molar-refractivity contribution in [1.82, 2.24) is 9.80 Å². The van der Waals surface area contributed by atoms with Crippen LogP contribution in [0.4, 0.5) is 5.69 Å². The van der Waals surface area contributed by atoms with Crippen LogP contribution in [0.1, 0.15) is 19.8 Å².